The quantitative estimate of drug-likeness (QED) is 0.621. The number of nitrogens with one attached hydrogen (secondary N) is 1. The minimum Gasteiger partial charge on any atom is -0.465 e. The summed E-state index contributed by atoms with van der Waals surface area (Å²) in [5.41, 5.74) is 0.458. The maximum atomic E-state index is 12.0. The number of esters is 2. The van der Waals surface area contributed by atoms with Gasteiger partial charge in [0.25, 0.3) is 0 Å². The lowest BCUT2D eigenvalue weighted by molar-refractivity contribution is -0.144. The van der Waals surface area contributed by atoms with Gasteiger partial charge in [-0.15, -0.1) is 0 Å². The molecule has 25 heavy (non-hydrogen) atoms. The molecule has 0 bridgehead atoms. The van der Waals surface area contributed by atoms with E-state index in [0.717, 1.165) is 0 Å². The Morgan fingerprint density at radius 2 is 1.84 bits per heavy atom. The molecule has 0 fully saturated rings. The summed E-state index contributed by atoms with van der Waals surface area (Å²) in [5.74, 6) is -0.871. The number of methoxy groups -OCH3 is 1. The average Bonchev–Trinajstić information content (AvgIpc) is 2.51. The van der Waals surface area contributed by atoms with Crippen LogP contribution in [0.4, 0.5) is 10.5 Å². The largest absolute Gasteiger partial charge is 0.465 e. The number of carbonyl (C=O) groups excluding carboxylic acids is 3. The second-order valence-corrected chi connectivity index (χ2v) is 6.40. The van der Waals surface area contributed by atoms with Gasteiger partial charge in [0.05, 0.1) is 18.4 Å². The van der Waals surface area contributed by atoms with Gasteiger partial charge in [-0.1, -0.05) is 13.0 Å². The van der Waals surface area contributed by atoms with Crippen LogP contribution in [-0.4, -0.2) is 30.7 Å². The van der Waals surface area contributed by atoms with Gasteiger partial charge in [0, 0.05) is 12.0 Å². The van der Waals surface area contributed by atoms with Crippen molar-refractivity contribution in [2.75, 3.05) is 12.4 Å². The fraction of sp³-hybridized carbons (Fsp3) is 0.500. The minimum atomic E-state index is -0.671. The molecule has 1 amide bonds. The number of amides is 1. The Kier molecular flexibility index (Phi) is 7.42. The Balaban J connectivity index is 2.99. The van der Waals surface area contributed by atoms with Crippen LogP contribution in [0.3, 0.4) is 0 Å². The molecule has 1 aromatic rings. The van der Waals surface area contributed by atoms with E-state index in [1.807, 2.05) is 6.92 Å². The van der Waals surface area contributed by atoms with E-state index in [9.17, 15) is 14.4 Å². The molecule has 0 aromatic heterocycles. The van der Waals surface area contributed by atoms with E-state index in [1.165, 1.54) is 19.2 Å². The molecule has 0 heterocycles. The van der Waals surface area contributed by atoms with Gasteiger partial charge < -0.3 is 14.2 Å². The fourth-order valence-electron chi connectivity index (χ4n) is 1.91. The number of benzene rings is 1. The molecule has 1 N–H and O–H groups in total. The van der Waals surface area contributed by atoms with Gasteiger partial charge in [-0.25, -0.2) is 9.59 Å². The third-order valence-electron chi connectivity index (χ3n) is 3.01. The molecule has 0 saturated carbocycles. The standard InChI is InChI=1S/C18H25NO6/c1-6-7-15(20)24-11-13-9-8-12(16(21)23-5)10-14(13)19-17(22)25-18(2,3)4/h8-10H,6-7,11H2,1-5H3,(H,19,22). The van der Waals surface area contributed by atoms with E-state index < -0.39 is 17.7 Å². The lowest BCUT2D eigenvalue weighted by Crippen LogP contribution is -2.27. The highest BCUT2D eigenvalue weighted by atomic mass is 16.6. The molecule has 7 heteroatoms. The van der Waals surface area contributed by atoms with Crippen LogP contribution in [0.15, 0.2) is 18.2 Å². The monoisotopic (exact) mass is 351 g/mol. The van der Waals surface area contributed by atoms with Gasteiger partial charge >= 0.3 is 18.0 Å². The zero-order valence-corrected chi connectivity index (χ0v) is 15.3. The molecule has 0 atom stereocenters. The molecule has 138 valence electrons. The molecule has 1 rings (SSSR count). The molecular formula is C18H25NO6. The van der Waals surface area contributed by atoms with Crippen LogP contribution in [0.2, 0.25) is 0 Å². The van der Waals surface area contributed by atoms with Crippen molar-refractivity contribution in [3.63, 3.8) is 0 Å². The Bertz CT molecular complexity index is 633. The summed E-state index contributed by atoms with van der Waals surface area (Å²) in [6.07, 6.45) is 0.328. The van der Waals surface area contributed by atoms with E-state index in [4.69, 9.17) is 9.47 Å². The lowest BCUT2D eigenvalue weighted by atomic mass is 10.1. The molecule has 0 aliphatic carbocycles. The summed E-state index contributed by atoms with van der Waals surface area (Å²) in [7, 11) is 1.27. The van der Waals surface area contributed by atoms with Crippen LogP contribution >= 0.6 is 0 Å². The SMILES string of the molecule is CCCC(=O)OCc1ccc(C(=O)OC)cc1NC(=O)OC(C)(C)C. The Morgan fingerprint density at radius 3 is 2.40 bits per heavy atom. The molecule has 1 aromatic carbocycles. The maximum Gasteiger partial charge on any atom is 0.412 e. The predicted octanol–water partition coefficient (Wildman–Crippen LogP) is 3.66. The van der Waals surface area contributed by atoms with Crippen molar-refractivity contribution in [1.82, 2.24) is 0 Å². The fourth-order valence-corrected chi connectivity index (χ4v) is 1.91. The van der Waals surface area contributed by atoms with Crippen molar-refractivity contribution in [3.8, 4) is 0 Å². The molecule has 0 radical (unpaired) electrons. The van der Waals surface area contributed by atoms with Crippen molar-refractivity contribution < 1.29 is 28.6 Å². The topological polar surface area (TPSA) is 90.9 Å². The number of anilines is 1. The summed E-state index contributed by atoms with van der Waals surface area (Å²) in [6.45, 7) is 7.08. The third kappa shape index (κ3) is 7.24. The predicted molar refractivity (Wildman–Crippen MR) is 92.3 cm³/mol. The summed E-state index contributed by atoms with van der Waals surface area (Å²) < 4.78 is 15.1. The highest BCUT2D eigenvalue weighted by molar-refractivity contribution is 5.93. The van der Waals surface area contributed by atoms with Crippen LogP contribution < -0.4 is 5.32 Å². The molecule has 7 nitrogen and oxygen atoms in total. The van der Waals surface area contributed by atoms with Gasteiger partial charge in [-0.05, 0) is 39.3 Å². The second-order valence-electron chi connectivity index (χ2n) is 6.40. The Labute approximate surface area is 147 Å². The molecule has 0 spiro atoms. The Hall–Kier alpha value is -2.57. The van der Waals surface area contributed by atoms with Crippen LogP contribution in [-0.2, 0) is 25.6 Å². The van der Waals surface area contributed by atoms with Crippen molar-refractivity contribution in [1.29, 1.82) is 0 Å². The van der Waals surface area contributed by atoms with Gasteiger partial charge in [-0.3, -0.25) is 10.1 Å². The number of hydrogen-bond acceptors (Lipinski definition) is 6. The third-order valence-corrected chi connectivity index (χ3v) is 3.01. The smallest absolute Gasteiger partial charge is 0.412 e. The normalized spacial score (nSPS) is 10.8. The zero-order chi connectivity index (χ0) is 19.0. The Morgan fingerprint density at radius 1 is 1.16 bits per heavy atom. The van der Waals surface area contributed by atoms with E-state index >= 15 is 0 Å². The summed E-state index contributed by atoms with van der Waals surface area (Å²) >= 11 is 0. The first kappa shape index (κ1) is 20.5. The zero-order valence-electron chi connectivity index (χ0n) is 15.3. The van der Waals surface area contributed by atoms with Crippen LogP contribution in [0.1, 0.15) is 56.5 Å². The summed E-state index contributed by atoms with van der Waals surface area (Å²) in [5, 5.41) is 2.58. The summed E-state index contributed by atoms with van der Waals surface area (Å²) in [4.78, 5) is 35.3. The molecule has 0 unspecified atom stereocenters. The number of rotatable bonds is 6. The van der Waals surface area contributed by atoms with Crippen LogP contribution in [0.25, 0.3) is 0 Å². The van der Waals surface area contributed by atoms with Crippen molar-refractivity contribution in [2.45, 2.75) is 52.7 Å². The highest BCUT2D eigenvalue weighted by Crippen LogP contribution is 2.21. The number of carbonyl (C=O) groups is 3. The first-order valence-electron chi connectivity index (χ1n) is 8.03. The molecule has 0 aliphatic heterocycles. The highest BCUT2D eigenvalue weighted by Gasteiger charge is 2.19. The van der Waals surface area contributed by atoms with Gasteiger partial charge in [0.2, 0.25) is 0 Å². The van der Waals surface area contributed by atoms with Crippen LogP contribution in [0.5, 0.6) is 0 Å². The van der Waals surface area contributed by atoms with Crippen molar-refractivity contribution in [3.05, 3.63) is 29.3 Å². The first-order chi connectivity index (χ1) is 11.7. The van der Waals surface area contributed by atoms with Gasteiger partial charge in [0.1, 0.15) is 12.2 Å². The van der Waals surface area contributed by atoms with Crippen LogP contribution in [0, 0.1) is 0 Å². The number of ether oxygens (including phenoxy) is 3. The van der Waals surface area contributed by atoms with E-state index in [-0.39, 0.29) is 18.1 Å². The van der Waals surface area contributed by atoms with Crippen molar-refractivity contribution in [2.24, 2.45) is 0 Å². The second kappa shape index (κ2) is 9.05. The maximum absolute atomic E-state index is 12.0. The minimum absolute atomic E-state index is 0.0224. The lowest BCUT2D eigenvalue weighted by Gasteiger charge is -2.20. The van der Waals surface area contributed by atoms with Gasteiger partial charge in [-0.2, -0.15) is 0 Å². The van der Waals surface area contributed by atoms with E-state index in [2.05, 4.69) is 10.1 Å². The van der Waals surface area contributed by atoms with Gasteiger partial charge in [0.15, 0.2) is 0 Å². The van der Waals surface area contributed by atoms with E-state index in [1.54, 1.807) is 26.8 Å². The van der Waals surface area contributed by atoms with E-state index in [0.29, 0.717) is 24.1 Å². The van der Waals surface area contributed by atoms with Crippen molar-refractivity contribution >= 4 is 23.7 Å². The molecule has 0 aliphatic rings. The number of hydrogen-bond donors (Lipinski definition) is 1. The molecule has 0 saturated heterocycles. The summed E-state index contributed by atoms with van der Waals surface area (Å²) in [6, 6.07) is 4.59. The average molecular weight is 351 g/mol. The first-order valence-corrected chi connectivity index (χ1v) is 8.03. The molecular weight excluding hydrogens is 326 g/mol.